The van der Waals surface area contributed by atoms with Crippen molar-refractivity contribution >= 4 is 11.9 Å². The second-order valence-corrected chi connectivity index (χ2v) is 4.39. The quantitative estimate of drug-likeness (QED) is 0.786. The van der Waals surface area contributed by atoms with E-state index in [1.807, 2.05) is 18.2 Å². The third-order valence-corrected chi connectivity index (χ3v) is 2.72. The van der Waals surface area contributed by atoms with Crippen molar-refractivity contribution < 1.29 is 19.4 Å². The Morgan fingerprint density at radius 2 is 1.89 bits per heavy atom. The number of carboxylic acids is 1. The third-order valence-electron chi connectivity index (χ3n) is 2.72. The minimum atomic E-state index is -0.858. The molecule has 0 bridgehead atoms. The molecule has 0 spiro atoms. The van der Waals surface area contributed by atoms with Gasteiger partial charge < -0.3 is 15.2 Å². The molecule has 0 aromatic heterocycles. The van der Waals surface area contributed by atoms with Crippen LogP contribution in [0.4, 0.5) is 0 Å². The van der Waals surface area contributed by atoms with Gasteiger partial charge in [-0.3, -0.25) is 9.59 Å². The van der Waals surface area contributed by atoms with Crippen molar-refractivity contribution in [3.05, 3.63) is 30.3 Å². The number of hydrogen-bond donors (Lipinski definition) is 2. The molecule has 0 heterocycles. The predicted octanol–water partition coefficient (Wildman–Crippen LogP) is 1.68. The molecule has 1 rings (SSSR count). The van der Waals surface area contributed by atoms with Gasteiger partial charge in [0.15, 0.2) is 6.10 Å². The van der Waals surface area contributed by atoms with Crippen LogP contribution in [0.2, 0.25) is 0 Å². The Bertz CT molecular complexity index is 419. The van der Waals surface area contributed by atoms with E-state index < -0.39 is 18.0 Å². The number of aliphatic carboxylic acids is 1. The molecule has 0 fully saturated rings. The van der Waals surface area contributed by atoms with Gasteiger partial charge in [0.25, 0.3) is 5.91 Å². The van der Waals surface area contributed by atoms with Crippen molar-refractivity contribution in [3.63, 3.8) is 0 Å². The minimum absolute atomic E-state index is 0.249. The lowest BCUT2D eigenvalue weighted by Crippen LogP contribution is -2.37. The Morgan fingerprint density at radius 3 is 2.47 bits per heavy atom. The average molecular weight is 265 g/mol. The molecule has 2 atom stereocenters. The number of carboxylic acid groups (broad SMARTS) is 1. The number of benzene rings is 1. The molecule has 0 saturated carbocycles. The normalized spacial score (nSPS) is 13.4. The zero-order valence-corrected chi connectivity index (χ0v) is 11.1. The van der Waals surface area contributed by atoms with Crippen LogP contribution in [0.25, 0.3) is 0 Å². The first-order chi connectivity index (χ1) is 9.00. The summed E-state index contributed by atoms with van der Waals surface area (Å²) in [6.45, 7) is 3.59. The van der Waals surface area contributed by atoms with E-state index in [0.29, 0.717) is 18.7 Å². The summed E-state index contributed by atoms with van der Waals surface area (Å²) >= 11 is 0. The van der Waals surface area contributed by atoms with Gasteiger partial charge in [0, 0.05) is 6.54 Å². The van der Waals surface area contributed by atoms with Crippen LogP contribution in [0.15, 0.2) is 30.3 Å². The van der Waals surface area contributed by atoms with Crippen LogP contribution in [0.5, 0.6) is 5.75 Å². The van der Waals surface area contributed by atoms with Gasteiger partial charge in [0.2, 0.25) is 0 Å². The maximum absolute atomic E-state index is 11.7. The van der Waals surface area contributed by atoms with Crippen molar-refractivity contribution in [2.45, 2.75) is 26.4 Å². The highest BCUT2D eigenvalue weighted by atomic mass is 16.5. The maximum atomic E-state index is 11.7. The number of rotatable bonds is 7. The van der Waals surface area contributed by atoms with E-state index in [-0.39, 0.29) is 5.91 Å². The van der Waals surface area contributed by atoms with E-state index in [0.717, 1.165) is 0 Å². The largest absolute Gasteiger partial charge is 0.481 e. The Morgan fingerprint density at radius 1 is 1.26 bits per heavy atom. The number of amides is 1. The van der Waals surface area contributed by atoms with Crippen LogP contribution < -0.4 is 10.1 Å². The van der Waals surface area contributed by atoms with Gasteiger partial charge in [-0.2, -0.15) is 0 Å². The van der Waals surface area contributed by atoms with Crippen LogP contribution in [-0.2, 0) is 9.59 Å². The van der Waals surface area contributed by atoms with E-state index in [1.54, 1.807) is 26.0 Å². The molecule has 0 aliphatic rings. The Kier molecular flexibility index (Phi) is 5.85. The lowest BCUT2D eigenvalue weighted by atomic mass is 10.1. The van der Waals surface area contributed by atoms with Gasteiger partial charge in [0.05, 0.1) is 5.92 Å². The molecule has 5 heteroatoms. The second kappa shape index (κ2) is 7.41. The van der Waals surface area contributed by atoms with Crippen molar-refractivity contribution in [2.24, 2.45) is 5.92 Å². The van der Waals surface area contributed by atoms with Gasteiger partial charge in [-0.1, -0.05) is 25.1 Å². The fraction of sp³-hybridized carbons (Fsp3) is 0.429. The molecule has 0 aliphatic heterocycles. The van der Waals surface area contributed by atoms with E-state index in [9.17, 15) is 9.59 Å². The molecular formula is C14H19NO4. The van der Waals surface area contributed by atoms with Crippen molar-refractivity contribution in [2.75, 3.05) is 6.54 Å². The van der Waals surface area contributed by atoms with Crippen molar-refractivity contribution in [3.8, 4) is 5.75 Å². The molecule has 0 saturated heterocycles. The number of carbonyl (C=O) groups excluding carboxylic acids is 1. The molecule has 19 heavy (non-hydrogen) atoms. The Labute approximate surface area is 112 Å². The number of para-hydroxylation sites is 1. The molecule has 2 N–H and O–H groups in total. The zero-order chi connectivity index (χ0) is 14.3. The summed E-state index contributed by atoms with van der Waals surface area (Å²) in [7, 11) is 0. The van der Waals surface area contributed by atoms with Crippen LogP contribution in [0.3, 0.4) is 0 Å². The number of nitrogens with one attached hydrogen (secondary N) is 1. The highest BCUT2D eigenvalue weighted by Crippen LogP contribution is 2.10. The monoisotopic (exact) mass is 265 g/mol. The Hall–Kier alpha value is -2.04. The summed E-state index contributed by atoms with van der Waals surface area (Å²) in [4.78, 5) is 22.3. The fourth-order valence-electron chi connectivity index (χ4n) is 1.44. The van der Waals surface area contributed by atoms with Crippen LogP contribution >= 0.6 is 0 Å². The summed E-state index contributed by atoms with van der Waals surface area (Å²) < 4.78 is 5.45. The average Bonchev–Trinajstić information content (AvgIpc) is 2.39. The molecule has 104 valence electrons. The van der Waals surface area contributed by atoms with Gasteiger partial charge in [0.1, 0.15) is 5.75 Å². The molecule has 1 amide bonds. The summed E-state index contributed by atoms with van der Waals surface area (Å²) in [6.07, 6.45) is -0.207. The number of hydrogen-bond acceptors (Lipinski definition) is 3. The predicted molar refractivity (Wildman–Crippen MR) is 71.0 cm³/mol. The first-order valence-electron chi connectivity index (χ1n) is 6.23. The highest BCUT2D eigenvalue weighted by Gasteiger charge is 2.15. The smallest absolute Gasteiger partial charge is 0.306 e. The first-order valence-corrected chi connectivity index (χ1v) is 6.23. The van der Waals surface area contributed by atoms with E-state index in [4.69, 9.17) is 9.84 Å². The summed E-state index contributed by atoms with van der Waals surface area (Å²) in [5.41, 5.74) is 0. The first kappa shape index (κ1) is 15.0. The van der Waals surface area contributed by atoms with E-state index in [2.05, 4.69) is 5.32 Å². The standard InChI is InChI=1S/C14H19NO4/c1-10(14(17)18)8-9-15-13(16)11(2)19-12-6-4-3-5-7-12/h3-7,10-11H,8-9H2,1-2H3,(H,15,16)(H,17,18). The topological polar surface area (TPSA) is 75.6 Å². The maximum Gasteiger partial charge on any atom is 0.306 e. The summed E-state index contributed by atoms with van der Waals surface area (Å²) in [5, 5.41) is 11.4. The highest BCUT2D eigenvalue weighted by molar-refractivity contribution is 5.80. The summed E-state index contributed by atoms with van der Waals surface area (Å²) in [6, 6.07) is 9.07. The molecule has 0 aliphatic carbocycles. The van der Waals surface area contributed by atoms with Crippen LogP contribution in [0, 0.1) is 5.92 Å². The number of carbonyl (C=O) groups is 2. The van der Waals surface area contributed by atoms with Crippen LogP contribution in [0.1, 0.15) is 20.3 Å². The molecule has 1 aromatic rings. The molecule has 1 aromatic carbocycles. The van der Waals surface area contributed by atoms with Gasteiger partial charge >= 0.3 is 5.97 Å². The van der Waals surface area contributed by atoms with Crippen LogP contribution in [-0.4, -0.2) is 29.6 Å². The Balaban J connectivity index is 2.31. The minimum Gasteiger partial charge on any atom is -0.481 e. The van der Waals surface area contributed by atoms with Gasteiger partial charge in [-0.15, -0.1) is 0 Å². The third kappa shape index (κ3) is 5.42. The van der Waals surface area contributed by atoms with Gasteiger partial charge in [-0.05, 0) is 25.5 Å². The lowest BCUT2D eigenvalue weighted by molar-refractivity contribution is -0.141. The second-order valence-electron chi connectivity index (χ2n) is 4.39. The molecule has 5 nitrogen and oxygen atoms in total. The molecule has 0 radical (unpaired) electrons. The lowest BCUT2D eigenvalue weighted by Gasteiger charge is -2.15. The zero-order valence-electron chi connectivity index (χ0n) is 11.1. The fourth-order valence-corrected chi connectivity index (χ4v) is 1.44. The molecule has 2 unspecified atom stereocenters. The SMILES string of the molecule is CC(CCNC(=O)C(C)Oc1ccccc1)C(=O)O. The van der Waals surface area contributed by atoms with E-state index >= 15 is 0 Å². The van der Waals surface area contributed by atoms with Crippen molar-refractivity contribution in [1.29, 1.82) is 0 Å². The van der Waals surface area contributed by atoms with E-state index in [1.165, 1.54) is 0 Å². The number of ether oxygens (including phenoxy) is 1. The molecular weight excluding hydrogens is 246 g/mol. The summed E-state index contributed by atoms with van der Waals surface area (Å²) in [5.74, 6) is -0.945. The van der Waals surface area contributed by atoms with Gasteiger partial charge in [-0.25, -0.2) is 0 Å². The van der Waals surface area contributed by atoms with Crippen molar-refractivity contribution in [1.82, 2.24) is 5.32 Å².